The molecular weight excluding hydrogens is 935 g/mol. The number of hydrogen-bond donors (Lipinski definition) is 3. The Morgan fingerprint density at radius 3 is 0.895 bits per heavy atom. The summed E-state index contributed by atoms with van der Waals surface area (Å²) < 4.78 is 5.51. The summed E-state index contributed by atoms with van der Waals surface area (Å²) in [5, 5.41) is 23.1. The molecule has 0 bridgehead atoms. The van der Waals surface area contributed by atoms with Crippen LogP contribution in [0.15, 0.2) is 12.2 Å². The summed E-state index contributed by atoms with van der Waals surface area (Å²) in [6.07, 6.45) is 81.5. The van der Waals surface area contributed by atoms with Crippen LogP contribution >= 0.6 is 0 Å². The maximum atomic E-state index is 12.5. The molecule has 3 N–H and O–H groups in total. The highest BCUT2D eigenvalue weighted by atomic mass is 16.5. The van der Waals surface area contributed by atoms with Crippen LogP contribution in [-0.4, -0.2) is 47.4 Å². The third-order valence-electron chi connectivity index (χ3n) is 16.6. The molecule has 0 aliphatic heterocycles. The Labute approximate surface area is 476 Å². The number of rotatable bonds is 66. The quantitative estimate of drug-likeness (QED) is 0.0320. The molecule has 0 aromatic rings. The van der Waals surface area contributed by atoms with Gasteiger partial charge in [-0.25, -0.2) is 0 Å². The monoisotopic (exact) mass is 1070 g/mol. The van der Waals surface area contributed by atoms with Gasteiger partial charge in [0.1, 0.15) is 0 Å². The van der Waals surface area contributed by atoms with Gasteiger partial charge in [0.05, 0.1) is 25.4 Å². The van der Waals surface area contributed by atoms with Gasteiger partial charge < -0.3 is 20.3 Å². The minimum Gasteiger partial charge on any atom is -0.466 e. The highest BCUT2D eigenvalue weighted by molar-refractivity contribution is 5.76. The number of esters is 1. The second-order valence-corrected chi connectivity index (χ2v) is 24.2. The lowest BCUT2D eigenvalue weighted by Crippen LogP contribution is -2.45. The number of ether oxygens (including phenoxy) is 1. The van der Waals surface area contributed by atoms with Crippen molar-refractivity contribution >= 4 is 11.9 Å². The zero-order valence-electron chi connectivity index (χ0n) is 51.8. The van der Waals surface area contributed by atoms with Gasteiger partial charge >= 0.3 is 5.97 Å². The molecule has 0 saturated carbocycles. The van der Waals surface area contributed by atoms with E-state index in [1.54, 1.807) is 6.08 Å². The number of carbonyl (C=O) groups excluding carboxylic acids is 2. The molecule has 0 spiro atoms. The van der Waals surface area contributed by atoms with Gasteiger partial charge in [0.15, 0.2) is 0 Å². The molecule has 0 radical (unpaired) electrons. The first-order valence-electron chi connectivity index (χ1n) is 35.0. The van der Waals surface area contributed by atoms with E-state index in [1.807, 2.05) is 6.08 Å². The average molecular weight is 1070 g/mol. The van der Waals surface area contributed by atoms with E-state index in [0.29, 0.717) is 19.4 Å². The van der Waals surface area contributed by atoms with Crippen LogP contribution in [0.3, 0.4) is 0 Å². The summed E-state index contributed by atoms with van der Waals surface area (Å²) >= 11 is 0. The van der Waals surface area contributed by atoms with Crippen LogP contribution in [0.2, 0.25) is 0 Å². The third kappa shape index (κ3) is 61.8. The summed E-state index contributed by atoms with van der Waals surface area (Å²) in [7, 11) is 0. The molecule has 1 amide bonds. The van der Waals surface area contributed by atoms with Crippen molar-refractivity contribution in [1.82, 2.24) is 5.32 Å². The van der Waals surface area contributed by atoms with Crippen LogP contribution in [0.25, 0.3) is 0 Å². The van der Waals surface area contributed by atoms with Gasteiger partial charge in [0.25, 0.3) is 0 Å². The summed E-state index contributed by atoms with van der Waals surface area (Å²) in [6, 6.07) is -0.623. The molecule has 452 valence electrons. The minimum absolute atomic E-state index is 0.0240. The first-order valence-corrected chi connectivity index (χ1v) is 35.0. The van der Waals surface area contributed by atoms with Gasteiger partial charge in [-0.3, -0.25) is 9.59 Å². The normalized spacial score (nSPS) is 12.5. The number of unbranched alkanes of at least 4 members (excludes halogenated alkanes) is 55. The fourth-order valence-electron chi connectivity index (χ4n) is 11.2. The van der Waals surface area contributed by atoms with Crippen molar-refractivity contribution in [2.45, 2.75) is 411 Å². The van der Waals surface area contributed by atoms with Gasteiger partial charge in [-0.15, -0.1) is 0 Å². The van der Waals surface area contributed by atoms with Crippen molar-refractivity contribution in [2.24, 2.45) is 0 Å². The Morgan fingerprint density at radius 2 is 0.605 bits per heavy atom. The minimum atomic E-state index is -0.840. The lowest BCUT2D eigenvalue weighted by molar-refractivity contribution is -0.143. The van der Waals surface area contributed by atoms with Gasteiger partial charge in [0, 0.05) is 12.8 Å². The average Bonchev–Trinajstić information content (AvgIpc) is 3.42. The van der Waals surface area contributed by atoms with Gasteiger partial charge in [-0.2, -0.15) is 0 Å². The van der Waals surface area contributed by atoms with Gasteiger partial charge in [0.2, 0.25) is 5.91 Å². The molecule has 0 fully saturated rings. The Bertz CT molecular complexity index is 1140. The first-order chi connectivity index (χ1) is 37.5. The zero-order valence-corrected chi connectivity index (χ0v) is 51.8. The molecule has 0 aliphatic carbocycles. The van der Waals surface area contributed by atoms with E-state index in [-0.39, 0.29) is 18.5 Å². The molecule has 76 heavy (non-hydrogen) atoms. The number of carbonyl (C=O) groups is 2. The maximum absolute atomic E-state index is 12.5. The molecule has 0 aliphatic rings. The fraction of sp³-hybridized carbons (Fsp3) is 0.943. The van der Waals surface area contributed by atoms with Crippen molar-refractivity contribution in [3.05, 3.63) is 12.2 Å². The summed E-state index contributed by atoms with van der Waals surface area (Å²) in [4.78, 5) is 24.6. The maximum Gasteiger partial charge on any atom is 0.305 e. The highest BCUT2D eigenvalue weighted by Gasteiger charge is 2.18. The largest absolute Gasteiger partial charge is 0.466 e. The van der Waals surface area contributed by atoms with Crippen molar-refractivity contribution in [2.75, 3.05) is 13.2 Å². The molecule has 2 unspecified atom stereocenters. The highest BCUT2D eigenvalue weighted by Crippen LogP contribution is 2.19. The smallest absolute Gasteiger partial charge is 0.305 e. The lowest BCUT2D eigenvalue weighted by atomic mass is 10.0. The number of allylic oxidation sites excluding steroid dienone is 1. The van der Waals surface area contributed by atoms with Gasteiger partial charge in [-0.05, 0) is 32.1 Å². The van der Waals surface area contributed by atoms with Crippen molar-refractivity contribution in [1.29, 1.82) is 0 Å². The first kappa shape index (κ1) is 74.6. The Morgan fingerprint density at radius 1 is 0.355 bits per heavy atom. The number of nitrogens with one attached hydrogen (secondary N) is 1. The Hall–Kier alpha value is -1.40. The van der Waals surface area contributed by atoms with Crippen molar-refractivity contribution in [3.63, 3.8) is 0 Å². The Balaban J connectivity index is 3.32. The van der Waals surface area contributed by atoms with Crippen LogP contribution in [-0.2, 0) is 14.3 Å². The summed E-state index contributed by atoms with van der Waals surface area (Å²) in [6.45, 7) is 4.94. The third-order valence-corrected chi connectivity index (χ3v) is 16.6. The number of hydrogen-bond acceptors (Lipinski definition) is 5. The molecule has 0 rings (SSSR count). The number of aliphatic hydroxyl groups excluding tert-OH is 2. The molecule has 0 heterocycles. The molecule has 0 aromatic carbocycles. The van der Waals surface area contributed by atoms with Crippen molar-refractivity contribution in [3.8, 4) is 0 Å². The summed E-state index contributed by atoms with van der Waals surface area (Å²) in [5.74, 6) is -0.0385. The zero-order chi connectivity index (χ0) is 55.0. The molecular formula is C70H137NO5. The van der Waals surface area contributed by atoms with Crippen LogP contribution in [0.1, 0.15) is 399 Å². The topological polar surface area (TPSA) is 95.9 Å². The molecule has 6 nitrogen and oxygen atoms in total. The molecule has 6 heteroatoms. The predicted octanol–water partition coefficient (Wildman–Crippen LogP) is 22.4. The van der Waals surface area contributed by atoms with E-state index in [4.69, 9.17) is 4.74 Å². The molecule has 2 atom stereocenters. The van der Waals surface area contributed by atoms with E-state index in [1.165, 1.54) is 334 Å². The summed E-state index contributed by atoms with van der Waals surface area (Å²) in [5.41, 5.74) is 0. The molecule has 0 saturated heterocycles. The predicted molar refractivity (Wildman–Crippen MR) is 333 cm³/mol. The number of aliphatic hydroxyl groups is 2. The Kier molecular flexibility index (Phi) is 64.9. The standard InChI is InChI=1S/C70H137NO5/c1-3-5-7-9-11-13-15-17-18-32-36-40-44-48-52-56-60-64-70(75)76-65-61-57-53-49-45-41-37-34-31-29-27-25-23-21-19-20-22-24-26-28-30-33-35-39-43-47-51-55-59-63-69(74)71-67(66-72)68(73)62-58-54-50-46-42-38-16-14-12-10-8-6-4-2/h58,62,67-68,72-73H,3-57,59-61,63-66H2,1-2H3,(H,71,74)/b62-58+. The second-order valence-electron chi connectivity index (χ2n) is 24.2. The lowest BCUT2D eigenvalue weighted by Gasteiger charge is -2.20. The molecule has 0 aromatic heterocycles. The van der Waals surface area contributed by atoms with E-state index in [9.17, 15) is 19.8 Å². The van der Waals surface area contributed by atoms with Crippen LogP contribution < -0.4 is 5.32 Å². The van der Waals surface area contributed by atoms with E-state index < -0.39 is 12.1 Å². The SMILES string of the molecule is CCCCCCCCCCCCC/C=C/C(O)C(CO)NC(=O)CCCCCCCCCCCCCCCCCCCCCCCCCCCCCCCOC(=O)CCCCCCCCCCCCCCCCCCC. The van der Waals surface area contributed by atoms with E-state index in [0.717, 1.165) is 38.5 Å². The fourth-order valence-corrected chi connectivity index (χ4v) is 11.2. The van der Waals surface area contributed by atoms with Crippen LogP contribution in [0.5, 0.6) is 0 Å². The van der Waals surface area contributed by atoms with Crippen LogP contribution in [0, 0.1) is 0 Å². The van der Waals surface area contributed by atoms with Crippen molar-refractivity contribution < 1.29 is 24.5 Å². The van der Waals surface area contributed by atoms with E-state index >= 15 is 0 Å². The van der Waals surface area contributed by atoms with Crippen LogP contribution in [0.4, 0.5) is 0 Å². The van der Waals surface area contributed by atoms with Gasteiger partial charge in [-0.1, -0.05) is 366 Å². The number of amides is 1. The second kappa shape index (κ2) is 66.1. The van der Waals surface area contributed by atoms with E-state index in [2.05, 4.69) is 19.2 Å².